The molecule has 2 heterocycles. The summed E-state index contributed by atoms with van der Waals surface area (Å²) in [6.07, 6.45) is 4.99. The van der Waals surface area contributed by atoms with E-state index < -0.39 is 0 Å². The lowest BCUT2D eigenvalue weighted by molar-refractivity contribution is 0.283. The molecule has 0 amide bonds. The first-order valence-electron chi connectivity index (χ1n) is 10.5. The SMILES string of the molecule is Cc1nc(N2CCN(C/C=C/c3ccccc3)CC2)[nH]c(=O)c1Cc1ccccc1. The predicted octanol–water partition coefficient (Wildman–Crippen LogP) is 3.50. The lowest BCUT2D eigenvalue weighted by Gasteiger charge is -2.34. The fourth-order valence-electron chi connectivity index (χ4n) is 3.80. The molecule has 0 aliphatic carbocycles. The van der Waals surface area contributed by atoms with E-state index in [2.05, 4.69) is 51.2 Å². The quantitative estimate of drug-likeness (QED) is 0.688. The number of benzene rings is 2. The third-order valence-electron chi connectivity index (χ3n) is 5.58. The van der Waals surface area contributed by atoms with Crippen LogP contribution >= 0.6 is 0 Å². The monoisotopic (exact) mass is 400 g/mol. The van der Waals surface area contributed by atoms with Crippen LogP contribution in [0, 0.1) is 6.92 Å². The molecule has 0 unspecified atom stereocenters. The fourth-order valence-corrected chi connectivity index (χ4v) is 3.80. The van der Waals surface area contributed by atoms with Crippen molar-refractivity contribution in [3.05, 3.63) is 99.5 Å². The molecule has 1 aliphatic heterocycles. The second kappa shape index (κ2) is 9.55. The van der Waals surface area contributed by atoms with Crippen LogP contribution in [-0.2, 0) is 6.42 Å². The number of aromatic nitrogens is 2. The molecule has 0 saturated carbocycles. The number of aromatic amines is 1. The summed E-state index contributed by atoms with van der Waals surface area (Å²) in [6, 6.07) is 20.4. The van der Waals surface area contributed by atoms with Gasteiger partial charge in [-0.05, 0) is 18.1 Å². The van der Waals surface area contributed by atoms with Gasteiger partial charge in [-0.1, -0.05) is 72.8 Å². The standard InChI is InChI=1S/C25H28N4O/c1-20-23(19-22-11-6-3-7-12-22)24(30)27-25(26-20)29-17-15-28(16-18-29)14-8-13-21-9-4-2-5-10-21/h2-13H,14-19H2,1H3,(H,26,27,30)/b13-8+. The number of H-pyrrole nitrogens is 1. The van der Waals surface area contributed by atoms with Gasteiger partial charge in [-0.15, -0.1) is 0 Å². The molecular weight excluding hydrogens is 372 g/mol. The van der Waals surface area contributed by atoms with Crippen molar-refractivity contribution in [2.24, 2.45) is 0 Å². The van der Waals surface area contributed by atoms with Crippen molar-refractivity contribution in [2.45, 2.75) is 13.3 Å². The highest BCUT2D eigenvalue weighted by Gasteiger charge is 2.19. The molecule has 0 spiro atoms. The molecule has 1 aliphatic rings. The first-order chi connectivity index (χ1) is 14.7. The Bertz CT molecular complexity index is 1040. The van der Waals surface area contributed by atoms with Crippen LogP contribution in [0.4, 0.5) is 5.95 Å². The van der Waals surface area contributed by atoms with Gasteiger partial charge in [-0.25, -0.2) is 4.98 Å². The summed E-state index contributed by atoms with van der Waals surface area (Å²) in [5.74, 6) is 0.689. The lowest BCUT2D eigenvalue weighted by atomic mass is 10.1. The summed E-state index contributed by atoms with van der Waals surface area (Å²) < 4.78 is 0. The van der Waals surface area contributed by atoms with Crippen molar-refractivity contribution in [3.63, 3.8) is 0 Å². The molecule has 0 radical (unpaired) electrons. The number of nitrogens with zero attached hydrogens (tertiary/aromatic N) is 3. The van der Waals surface area contributed by atoms with E-state index in [-0.39, 0.29) is 5.56 Å². The normalized spacial score (nSPS) is 15.0. The van der Waals surface area contributed by atoms with E-state index in [1.807, 2.05) is 43.3 Å². The highest BCUT2D eigenvalue weighted by molar-refractivity contribution is 5.48. The zero-order chi connectivity index (χ0) is 20.8. The number of nitrogens with one attached hydrogen (secondary N) is 1. The molecule has 30 heavy (non-hydrogen) atoms. The third kappa shape index (κ3) is 5.05. The van der Waals surface area contributed by atoms with E-state index >= 15 is 0 Å². The van der Waals surface area contributed by atoms with Gasteiger partial charge in [0.1, 0.15) is 0 Å². The Balaban J connectivity index is 1.35. The van der Waals surface area contributed by atoms with Crippen LogP contribution in [0.15, 0.2) is 71.5 Å². The van der Waals surface area contributed by atoms with Crippen LogP contribution in [0.2, 0.25) is 0 Å². The second-order valence-corrected chi connectivity index (χ2v) is 7.72. The van der Waals surface area contributed by atoms with E-state index in [9.17, 15) is 4.79 Å². The molecule has 4 rings (SSSR count). The van der Waals surface area contributed by atoms with Crippen molar-refractivity contribution >= 4 is 12.0 Å². The Labute approximate surface area is 177 Å². The number of piperazine rings is 1. The Morgan fingerprint density at radius 1 is 0.967 bits per heavy atom. The van der Waals surface area contributed by atoms with Crippen LogP contribution in [-0.4, -0.2) is 47.6 Å². The Hall–Kier alpha value is -3.18. The fraction of sp³-hybridized carbons (Fsp3) is 0.280. The van der Waals surface area contributed by atoms with E-state index in [1.165, 1.54) is 5.56 Å². The van der Waals surface area contributed by atoms with Crippen LogP contribution in [0.3, 0.4) is 0 Å². The summed E-state index contributed by atoms with van der Waals surface area (Å²) in [5, 5.41) is 0. The summed E-state index contributed by atoms with van der Waals surface area (Å²) in [6.45, 7) is 6.49. The van der Waals surface area contributed by atoms with Crippen LogP contribution in [0.5, 0.6) is 0 Å². The zero-order valence-corrected chi connectivity index (χ0v) is 17.4. The van der Waals surface area contributed by atoms with Gasteiger partial charge in [0.05, 0.1) is 5.69 Å². The maximum atomic E-state index is 12.7. The number of aryl methyl sites for hydroxylation is 1. The van der Waals surface area contributed by atoms with Gasteiger partial charge in [0.2, 0.25) is 5.95 Å². The van der Waals surface area contributed by atoms with Gasteiger partial charge in [0.25, 0.3) is 5.56 Å². The van der Waals surface area contributed by atoms with Crippen molar-refractivity contribution < 1.29 is 0 Å². The molecule has 5 heteroatoms. The molecule has 0 bridgehead atoms. The average Bonchev–Trinajstić information content (AvgIpc) is 2.78. The van der Waals surface area contributed by atoms with E-state index in [1.54, 1.807) is 0 Å². The summed E-state index contributed by atoms with van der Waals surface area (Å²) in [5.41, 5.74) is 3.87. The first kappa shape index (κ1) is 20.1. The molecular formula is C25H28N4O. The molecule has 2 aromatic carbocycles. The summed E-state index contributed by atoms with van der Waals surface area (Å²) in [7, 11) is 0. The minimum atomic E-state index is -0.0328. The molecule has 1 fully saturated rings. The van der Waals surface area contributed by atoms with Gasteiger partial charge in [0.15, 0.2) is 0 Å². The summed E-state index contributed by atoms with van der Waals surface area (Å²) >= 11 is 0. The number of anilines is 1. The lowest BCUT2D eigenvalue weighted by Crippen LogP contribution is -2.47. The van der Waals surface area contributed by atoms with Crippen molar-refractivity contribution in [2.75, 3.05) is 37.6 Å². The molecule has 1 aromatic heterocycles. The van der Waals surface area contributed by atoms with Gasteiger partial charge < -0.3 is 4.90 Å². The Kier molecular flexibility index (Phi) is 6.40. The zero-order valence-electron chi connectivity index (χ0n) is 17.4. The third-order valence-corrected chi connectivity index (χ3v) is 5.58. The number of rotatable bonds is 6. The number of hydrogen-bond donors (Lipinski definition) is 1. The number of hydrogen-bond acceptors (Lipinski definition) is 4. The van der Waals surface area contributed by atoms with Gasteiger partial charge >= 0.3 is 0 Å². The molecule has 1 saturated heterocycles. The van der Waals surface area contributed by atoms with Gasteiger partial charge in [-0.3, -0.25) is 14.7 Å². The van der Waals surface area contributed by atoms with Crippen molar-refractivity contribution in [1.82, 2.24) is 14.9 Å². The molecule has 0 atom stereocenters. The smallest absolute Gasteiger partial charge is 0.256 e. The largest absolute Gasteiger partial charge is 0.340 e. The van der Waals surface area contributed by atoms with Crippen LogP contribution < -0.4 is 10.5 Å². The van der Waals surface area contributed by atoms with E-state index in [4.69, 9.17) is 4.98 Å². The van der Waals surface area contributed by atoms with Gasteiger partial charge in [0, 0.05) is 44.7 Å². The van der Waals surface area contributed by atoms with Crippen molar-refractivity contribution in [1.29, 1.82) is 0 Å². The molecule has 154 valence electrons. The second-order valence-electron chi connectivity index (χ2n) is 7.72. The summed E-state index contributed by atoms with van der Waals surface area (Å²) in [4.78, 5) is 25.0. The Morgan fingerprint density at radius 3 is 2.30 bits per heavy atom. The topological polar surface area (TPSA) is 52.2 Å². The van der Waals surface area contributed by atoms with Crippen molar-refractivity contribution in [3.8, 4) is 0 Å². The van der Waals surface area contributed by atoms with E-state index in [0.29, 0.717) is 12.4 Å². The highest BCUT2D eigenvalue weighted by Crippen LogP contribution is 2.14. The minimum Gasteiger partial charge on any atom is -0.340 e. The molecule has 5 nitrogen and oxygen atoms in total. The molecule has 3 aromatic rings. The maximum Gasteiger partial charge on any atom is 0.256 e. The highest BCUT2D eigenvalue weighted by atomic mass is 16.1. The first-order valence-corrected chi connectivity index (χ1v) is 10.5. The molecule has 1 N–H and O–H groups in total. The van der Waals surface area contributed by atoms with Crippen LogP contribution in [0.25, 0.3) is 6.08 Å². The maximum absolute atomic E-state index is 12.7. The van der Waals surface area contributed by atoms with Crippen LogP contribution in [0.1, 0.15) is 22.4 Å². The Morgan fingerprint density at radius 2 is 1.63 bits per heavy atom. The average molecular weight is 401 g/mol. The minimum absolute atomic E-state index is 0.0328. The van der Waals surface area contributed by atoms with E-state index in [0.717, 1.165) is 49.5 Å². The van der Waals surface area contributed by atoms with Gasteiger partial charge in [-0.2, -0.15) is 0 Å². The predicted molar refractivity (Wildman–Crippen MR) is 123 cm³/mol.